The summed E-state index contributed by atoms with van der Waals surface area (Å²) in [7, 11) is 3.21. The van der Waals surface area contributed by atoms with Crippen LogP contribution in [0.25, 0.3) is 0 Å². The molecule has 3 rings (SSSR count). The summed E-state index contributed by atoms with van der Waals surface area (Å²) in [6.45, 7) is 2.16. The van der Waals surface area contributed by atoms with Gasteiger partial charge in [-0.15, -0.1) is 0 Å². The molecule has 8 heteroatoms. The Labute approximate surface area is 156 Å². The van der Waals surface area contributed by atoms with Crippen LogP contribution in [0.3, 0.4) is 0 Å². The molecule has 0 radical (unpaired) electrons. The van der Waals surface area contributed by atoms with Gasteiger partial charge in [-0.2, -0.15) is 0 Å². The fraction of sp³-hybridized carbons (Fsp3) is 0.444. The predicted molar refractivity (Wildman–Crippen MR) is 94.7 cm³/mol. The fourth-order valence-corrected chi connectivity index (χ4v) is 3.10. The van der Waals surface area contributed by atoms with E-state index >= 15 is 0 Å². The van der Waals surface area contributed by atoms with Gasteiger partial charge in [-0.1, -0.05) is 16.8 Å². The van der Waals surface area contributed by atoms with E-state index in [9.17, 15) is 4.79 Å². The van der Waals surface area contributed by atoms with Gasteiger partial charge in [0.05, 0.1) is 13.7 Å². The van der Waals surface area contributed by atoms with E-state index in [2.05, 4.69) is 5.16 Å². The molecule has 0 aliphatic carbocycles. The van der Waals surface area contributed by atoms with E-state index in [4.69, 9.17) is 30.3 Å². The van der Waals surface area contributed by atoms with Gasteiger partial charge in [-0.05, 0) is 18.6 Å². The second kappa shape index (κ2) is 8.42. The fourth-order valence-electron chi connectivity index (χ4n) is 2.94. The second-order valence-corrected chi connectivity index (χ2v) is 6.56. The van der Waals surface area contributed by atoms with Gasteiger partial charge in [-0.3, -0.25) is 4.79 Å². The highest BCUT2D eigenvalue weighted by molar-refractivity contribution is 6.30. The van der Waals surface area contributed by atoms with Gasteiger partial charge < -0.3 is 23.6 Å². The monoisotopic (exact) mass is 380 g/mol. The number of hydrogen-bond acceptors (Lipinski definition) is 6. The smallest absolute Gasteiger partial charge is 0.276 e. The maximum Gasteiger partial charge on any atom is 0.276 e. The minimum absolute atomic E-state index is 0.130. The molecule has 2 heterocycles. The lowest BCUT2D eigenvalue weighted by Gasteiger charge is -2.14. The maximum absolute atomic E-state index is 12.5. The molecule has 1 amide bonds. The number of likely N-dealkylation sites (tertiary alicyclic amines) is 1. The van der Waals surface area contributed by atoms with E-state index in [1.807, 2.05) is 0 Å². The molecule has 1 aliphatic heterocycles. The highest BCUT2D eigenvalue weighted by Crippen LogP contribution is 2.30. The highest BCUT2D eigenvalue weighted by atomic mass is 35.5. The van der Waals surface area contributed by atoms with Crippen LogP contribution in [0.5, 0.6) is 11.5 Å². The minimum atomic E-state index is -0.136. The highest BCUT2D eigenvalue weighted by Gasteiger charge is 2.28. The van der Waals surface area contributed by atoms with Crippen LogP contribution in [0.2, 0.25) is 5.02 Å². The molecule has 1 atom stereocenters. The molecule has 1 aliphatic rings. The second-order valence-electron chi connectivity index (χ2n) is 6.12. The first-order valence-electron chi connectivity index (χ1n) is 8.31. The molecule has 1 unspecified atom stereocenters. The van der Waals surface area contributed by atoms with E-state index in [-0.39, 0.29) is 18.2 Å². The van der Waals surface area contributed by atoms with Gasteiger partial charge >= 0.3 is 0 Å². The van der Waals surface area contributed by atoms with Gasteiger partial charge in [0, 0.05) is 43.3 Å². The number of carbonyl (C=O) groups excluding carboxylic acids is 1. The number of carbonyl (C=O) groups is 1. The number of ether oxygens (including phenoxy) is 3. The number of benzene rings is 1. The van der Waals surface area contributed by atoms with E-state index in [1.165, 1.54) is 7.11 Å². The summed E-state index contributed by atoms with van der Waals surface area (Å²) in [5.74, 6) is 1.74. The Kier molecular flexibility index (Phi) is 6.00. The summed E-state index contributed by atoms with van der Waals surface area (Å²) in [5.41, 5.74) is 0.282. The van der Waals surface area contributed by atoms with Crippen molar-refractivity contribution in [2.24, 2.45) is 5.92 Å². The van der Waals surface area contributed by atoms with Crippen molar-refractivity contribution in [3.05, 3.63) is 40.7 Å². The number of rotatable bonds is 7. The molecular weight excluding hydrogens is 360 g/mol. The SMILES string of the molecule is COCC1CCN(C(=O)c2cc(COc3ccc(Cl)cc3OC)on2)C1. The molecule has 2 aromatic rings. The number of aromatic nitrogens is 1. The van der Waals surface area contributed by atoms with Crippen molar-refractivity contribution < 1.29 is 23.5 Å². The normalized spacial score (nSPS) is 16.7. The number of methoxy groups -OCH3 is 2. The van der Waals surface area contributed by atoms with Crippen molar-refractivity contribution in [3.63, 3.8) is 0 Å². The van der Waals surface area contributed by atoms with Crippen LogP contribution in [-0.4, -0.2) is 49.9 Å². The Hall–Kier alpha value is -2.25. The summed E-state index contributed by atoms with van der Waals surface area (Å²) in [4.78, 5) is 14.3. The third-order valence-corrected chi connectivity index (χ3v) is 4.48. The largest absolute Gasteiger partial charge is 0.493 e. The van der Waals surface area contributed by atoms with Crippen LogP contribution in [0.1, 0.15) is 22.7 Å². The standard InChI is InChI=1S/C18H21ClN2O5/c1-23-10-12-5-6-21(9-12)18(22)15-8-14(26-20-15)11-25-16-4-3-13(19)7-17(16)24-2/h3-4,7-8,12H,5-6,9-11H2,1-2H3. The Morgan fingerprint density at radius 3 is 2.96 bits per heavy atom. The van der Waals surface area contributed by atoms with E-state index in [0.717, 1.165) is 6.42 Å². The van der Waals surface area contributed by atoms with E-state index in [0.29, 0.717) is 47.9 Å². The number of amides is 1. The zero-order valence-electron chi connectivity index (χ0n) is 14.7. The first kappa shape index (κ1) is 18.5. The van der Waals surface area contributed by atoms with Crippen molar-refractivity contribution in [3.8, 4) is 11.5 Å². The molecule has 26 heavy (non-hydrogen) atoms. The molecule has 1 aromatic carbocycles. The molecule has 0 spiro atoms. The Bertz CT molecular complexity index is 764. The van der Waals surface area contributed by atoms with Crippen LogP contribution in [0.4, 0.5) is 0 Å². The lowest BCUT2D eigenvalue weighted by molar-refractivity contribution is 0.0765. The van der Waals surface area contributed by atoms with E-state index < -0.39 is 0 Å². The topological polar surface area (TPSA) is 74.0 Å². The van der Waals surface area contributed by atoms with Crippen LogP contribution in [0.15, 0.2) is 28.8 Å². The predicted octanol–water partition coefficient (Wildman–Crippen LogP) is 3.02. The molecule has 0 N–H and O–H groups in total. The number of halogens is 1. The van der Waals surface area contributed by atoms with E-state index in [1.54, 1.807) is 36.3 Å². The molecule has 1 aromatic heterocycles. The molecule has 1 saturated heterocycles. The summed E-state index contributed by atoms with van der Waals surface area (Å²) in [6, 6.07) is 6.69. The summed E-state index contributed by atoms with van der Waals surface area (Å²) < 4.78 is 21.3. The van der Waals surface area contributed by atoms with Crippen LogP contribution in [-0.2, 0) is 11.3 Å². The molecule has 0 saturated carbocycles. The molecule has 1 fully saturated rings. The van der Waals surface area contributed by atoms with Crippen LogP contribution < -0.4 is 9.47 Å². The average molecular weight is 381 g/mol. The van der Waals surface area contributed by atoms with Crippen molar-refractivity contribution in [1.82, 2.24) is 10.1 Å². The lowest BCUT2D eigenvalue weighted by atomic mass is 10.1. The van der Waals surface area contributed by atoms with Crippen molar-refractivity contribution >= 4 is 17.5 Å². The zero-order chi connectivity index (χ0) is 18.5. The Balaban J connectivity index is 1.59. The first-order chi connectivity index (χ1) is 12.6. The van der Waals surface area contributed by atoms with Crippen molar-refractivity contribution in [2.45, 2.75) is 13.0 Å². The van der Waals surface area contributed by atoms with Gasteiger partial charge in [0.2, 0.25) is 0 Å². The molecule has 140 valence electrons. The number of hydrogen-bond donors (Lipinski definition) is 0. The maximum atomic E-state index is 12.5. The van der Waals surface area contributed by atoms with Crippen LogP contribution in [0, 0.1) is 5.92 Å². The third-order valence-electron chi connectivity index (χ3n) is 4.25. The first-order valence-corrected chi connectivity index (χ1v) is 8.68. The molecular formula is C18H21ClN2O5. The summed E-state index contributed by atoms with van der Waals surface area (Å²) in [6.07, 6.45) is 0.934. The average Bonchev–Trinajstić information content (AvgIpc) is 3.30. The molecule has 0 bridgehead atoms. The van der Waals surface area contributed by atoms with Gasteiger partial charge in [0.15, 0.2) is 23.0 Å². The van der Waals surface area contributed by atoms with Gasteiger partial charge in [0.25, 0.3) is 5.91 Å². The zero-order valence-corrected chi connectivity index (χ0v) is 15.5. The van der Waals surface area contributed by atoms with Crippen LogP contribution >= 0.6 is 11.6 Å². The summed E-state index contributed by atoms with van der Waals surface area (Å²) in [5, 5.41) is 4.43. The molecule has 7 nitrogen and oxygen atoms in total. The minimum Gasteiger partial charge on any atom is -0.493 e. The van der Waals surface area contributed by atoms with Crippen molar-refractivity contribution in [1.29, 1.82) is 0 Å². The van der Waals surface area contributed by atoms with Gasteiger partial charge in [0.1, 0.15) is 6.61 Å². The van der Waals surface area contributed by atoms with Crippen molar-refractivity contribution in [2.75, 3.05) is 33.9 Å². The Morgan fingerprint density at radius 1 is 1.35 bits per heavy atom. The van der Waals surface area contributed by atoms with Gasteiger partial charge in [-0.25, -0.2) is 0 Å². The number of nitrogens with zero attached hydrogens (tertiary/aromatic N) is 2. The Morgan fingerprint density at radius 2 is 2.19 bits per heavy atom. The quantitative estimate of drug-likeness (QED) is 0.735. The third kappa shape index (κ3) is 4.28. The lowest BCUT2D eigenvalue weighted by Crippen LogP contribution is -2.29. The summed E-state index contributed by atoms with van der Waals surface area (Å²) >= 11 is 5.93.